The van der Waals surface area contributed by atoms with Gasteiger partial charge in [-0.2, -0.15) is 0 Å². The second-order valence-electron chi connectivity index (χ2n) is 4.58. The highest BCUT2D eigenvalue weighted by Crippen LogP contribution is 2.30. The fourth-order valence-corrected chi connectivity index (χ4v) is 4.63. The average molecular weight is 401 g/mol. The Morgan fingerprint density at radius 3 is 2.77 bits per heavy atom. The molecule has 0 fully saturated rings. The quantitative estimate of drug-likeness (QED) is 0.809. The molecule has 6 nitrogen and oxygen atoms in total. The van der Waals surface area contributed by atoms with Gasteiger partial charge in [-0.3, -0.25) is 9.59 Å². The molecule has 9 heteroatoms. The van der Waals surface area contributed by atoms with Gasteiger partial charge in [0.1, 0.15) is 5.75 Å². The summed E-state index contributed by atoms with van der Waals surface area (Å²) in [5.41, 5.74) is 1.05. The van der Waals surface area contributed by atoms with E-state index in [1.165, 1.54) is 29.5 Å². The SMILES string of the molecule is O=C1CS(=O)(=O)c2cc(NC(=O)c3ccsc3Br)ccc2N1. The molecule has 1 aromatic heterocycles. The predicted octanol–water partition coefficient (Wildman–Crippen LogP) is 2.49. The van der Waals surface area contributed by atoms with Crippen molar-refractivity contribution in [2.24, 2.45) is 0 Å². The molecule has 0 radical (unpaired) electrons. The number of anilines is 2. The average Bonchev–Trinajstić information content (AvgIpc) is 2.85. The van der Waals surface area contributed by atoms with Crippen LogP contribution in [0.3, 0.4) is 0 Å². The third-order valence-corrected chi connectivity index (χ3v) is 6.37. The van der Waals surface area contributed by atoms with Crippen molar-refractivity contribution in [3.8, 4) is 0 Å². The van der Waals surface area contributed by atoms with Crippen molar-refractivity contribution in [3.05, 3.63) is 39.0 Å². The fraction of sp³-hybridized carbons (Fsp3) is 0.0769. The molecule has 0 bridgehead atoms. The number of hydrogen-bond donors (Lipinski definition) is 2. The van der Waals surface area contributed by atoms with Gasteiger partial charge in [-0.15, -0.1) is 11.3 Å². The van der Waals surface area contributed by atoms with E-state index in [2.05, 4.69) is 26.6 Å². The summed E-state index contributed by atoms with van der Waals surface area (Å²) in [4.78, 5) is 23.5. The van der Waals surface area contributed by atoms with Crippen LogP contribution in [0.4, 0.5) is 11.4 Å². The van der Waals surface area contributed by atoms with E-state index in [0.29, 0.717) is 15.0 Å². The van der Waals surface area contributed by atoms with E-state index < -0.39 is 21.5 Å². The molecule has 0 atom stereocenters. The Hall–Kier alpha value is -1.71. The predicted molar refractivity (Wildman–Crippen MR) is 87.1 cm³/mol. The van der Waals surface area contributed by atoms with Crippen molar-refractivity contribution in [3.63, 3.8) is 0 Å². The molecule has 114 valence electrons. The summed E-state index contributed by atoms with van der Waals surface area (Å²) in [6.07, 6.45) is 0. The number of carbonyl (C=O) groups excluding carboxylic acids is 2. The summed E-state index contributed by atoms with van der Waals surface area (Å²) in [5, 5.41) is 6.91. The molecule has 3 rings (SSSR count). The van der Waals surface area contributed by atoms with Crippen LogP contribution >= 0.6 is 27.3 Å². The molecule has 1 aromatic carbocycles. The molecule has 2 heterocycles. The van der Waals surface area contributed by atoms with Crippen molar-refractivity contribution < 1.29 is 18.0 Å². The number of carbonyl (C=O) groups is 2. The molecule has 2 amide bonds. The summed E-state index contributed by atoms with van der Waals surface area (Å²) in [6.45, 7) is 0. The molecule has 1 aliphatic rings. The maximum Gasteiger partial charge on any atom is 0.257 e. The number of hydrogen-bond acceptors (Lipinski definition) is 5. The molecule has 0 saturated carbocycles. The first-order chi connectivity index (χ1) is 10.4. The zero-order valence-electron chi connectivity index (χ0n) is 10.9. The Bertz CT molecular complexity index is 889. The minimum absolute atomic E-state index is 0.00860. The van der Waals surface area contributed by atoms with Gasteiger partial charge >= 0.3 is 0 Å². The number of fused-ring (bicyclic) bond motifs is 1. The van der Waals surface area contributed by atoms with E-state index in [4.69, 9.17) is 0 Å². The largest absolute Gasteiger partial charge is 0.324 e. The highest BCUT2D eigenvalue weighted by Gasteiger charge is 2.29. The van der Waals surface area contributed by atoms with Gasteiger partial charge in [0.15, 0.2) is 9.84 Å². The first kappa shape index (κ1) is 15.2. The minimum atomic E-state index is -3.68. The first-order valence-electron chi connectivity index (χ1n) is 6.08. The van der Waals surface area contributed by atoms with E-state index in [0.717, 1.165) is 0 Å². The van der Waals surface area contributed by atoms with Crippen LogP contribution < -0.4 is 10.6 Å². The normalized spacial score (nSPS) is 15.8. The van der Waals surface area contributed by atoms with Crippen LogP contribution in [0.5, 0.6) is 0 Å². The third kappa shape index (κ3) is 2.79. The van der Waals surface area contributed by atoms with Crippen LogP contribution in [0.15, 0.2) is 38.3 Å². The van der Waals surface area contributed by atoms with Gasteiger partial charge in [-0.05, 0) is 45.6 Å². The van der Waals surface area contributed by atoms with Gasteiger partial charge in [0, 0.05) is 5.69 Å². The Labute approximate surface area is 138 Å². The molecule has 2 N–H and O–H groups in total. The third-order valence-electron chi connectivity index (χ3n) is 3.03. The summed E-state index contributed by atoms with van der Waals surface area (Å²) >= 11 is 4.66. The van der Waals surface area contributed by atoms with Crippen molar-refractivity contribution in [1.82, 2.24) is 0 Å². The molecular weight excluding hydrogens is 392 g/mol. The molecular formula is C13H9BrN2O4S2. The molecule has 0 aliphatic carbocycles. The maximum atomic E-state index is 12.1. The second kappa shape index (κ2) is 5.49. The number of thiophene rings is 1. The van der Waals surface area contributed by atoms with Gasteiger partial charge in [-0.1, -0.05) is 0 Å². The molecule has 0 spiro atoms. The number of amides is 2. The van der Waals surface area contributed by atoms with Crippen molar-refractivity contribution >= 4 is 60.3 Å². The van der Waals surface area contributed by atoms with Crippen LogP contribution in [0.2, 0.25) is 0 Å². The zero-order valence-corrected chi connectivity index (χ0v) is 14.1. The van der Waals surface area contributed by atoms with Crippen molar-refractivity contribution in [2.45, 2.75) is 4.90 Å². The highest BCUT2D eigenvalue weighted by atomic mass is 79.9. The molecule has 22 heavy (non-hydrogen) atoms. The summed E-state index contributed by atoms with van der Waals surface area (Å²) in [6, 6.07) is 6.02. The first-order valence-corrected chi connectivity index (χ1v) is 9.40. The van der Waals surface area contributed by atoms with E-state index in [1.54, 1.807) is 11.4 Å². The fourth-order valence-electron chi connectivity index (χ4n) is 2.05. The second-order valence-corrected chi connectivity index (χ2v) is 8.77. The monoisotopic (exact) mass is 400 g/mol. The van der Waals surface area contributed by atoms with Crippen LogP contribution in [0.25, 0.3) is 0 Å². The zero-order chi connectivity index (χ0) is 15.9. The lowest BCUT2D eigenvalue weighted by atomic mass is 10.2. The smallest absolute Gasteiger partial charge is 0.257 e. The summed E-state index contributed by atoms with van der Waals surface area (Å²) in [7, 11) is -3.68. The Morgan fingerprint density at radius 1 is 1.32 bits per heavy atom. The lowest BCUT2D eigenvalue weighted by Crippen LogP contribution is -2.29. The highest BCUT2D eigenvalue weighted by molar-refractivity contribution is 9.11. The van der Waals surface area contributed by atoms with Crippen LogP contribution in [0, 0.1) is 0 Å². The van der Waals surface area contributed by atoms with E-state index in [-0.39, 0.29) is 16.5 Å². The minimum Gasteiger partial charge on any atom is -0.324 e. The molecule has 2 aromatic rings. The number of rotatable bonds is 2. The van der Waals surface area contributed by atoms with Gasteiger partial charge in [-0.25, -0.2) is 8.42 Å². The van der Waals surface area contributed by atoms with Gasteiger partial charge < -0.3 is 10.6 Å². The van der Waals surface area contributed by atoms with Crippen LogP contribution in [0.1, 0.15) is 10.4 Å². The number of benzene rings is 1. The maximum absolute atomic E-state index is 12.1. The molecule has 0 saturated heterocycles. The van der Waals surface area contributed by atoms with Crippen LogP contribution in [-0.4, -0.2) is 26.0 Å². The Morgan fingerprint density at radius 2 is 2.09 bits per heavy atom. The topological polar surface area (TPSA) is 92.3 Å². The molecule has 1 aliphatic heterocycles. The number of halogens is 1. The lowest BCUT2D eigenvalue weighted by Gasteiger charge is -2.18. The number of nitrogens with one attached hydrogen (secondary N) is 2. The van der Waals surface area contributed by atoms with Crippen molar-refractivity contribution in [1.29, 1.82) is 0 Å². The van der Waals surface area contributed by atoms with Gasteiger partial charge in [0.05, 0.1) is 19.9 Å². The van der Waals surface area contributed by atoms with E-state index >= 15 is 0 Å². The Balaban J connectivity index is 1.93. The van der Waals surface area contributed by atoms with E-state index in [9.17, 15) is 18.0 Å². The Kier molecular flexibility index (Phi) is 3.79. The van der Waals surface area contributed by atoms with Crippen LogP contribution in [-0.2, 0) is 14.6 Å². The lowest BCUT2D eigenvalue weighted by molar-refractivity contribution is -0.114. The summed E-state index contributed by atoms with van der Waals surface area (Å²) < 4.78 is 24.7. The molecule has 0 unspecified atom stereocenters. The standard InChI is InChI=1S/C13H9BrN2O4S2/c14-12-8(3-4-21-12)13(18)15-7-1-2-9-10(5-7)22(19,20)6-11(17)16-9/h1-5H,6H2,(H,15,18)(H,16,17). The van der Waals surface area contributed by atoms with E-state index in [1.807, 2.05) is 0 Å². The van der Waals surface area contributed by atoms with Crippen molar-refractivity contribution in [2.75, 3.05) is 16.4 Å². The number of sulfone groups is 1. The van der Waals surface area contributed by atoms with Gasteiger partial charge in [0.25, 0.3) is 5.91 Å². The van der Waals surface area contributed by atoms with Gasteiger partial charge in [0.2, 0.25) is 5.91 Å². The summed E-state index contributed by atoms with van der Waals surface area (Å²) in [5.74, 6) is -1.50.